The molecule has 1 aliphatic rings. The summed E-state index contributed by atoms with van der Waals surface area (Å²) in [6.45, 7) is 2.93. The van der Waals surface area contributed by atoms with Crippen molar-refractivity contribution in [2.45, 2.75) is 19.4 Å². The van der Waals surface area contributed by atoms with Crippen molar-refractivity contribution in [1.29, 1.82) is 0 Å². The summed E-state index contributed by atoms with van der Waals surface area (Å²) < 4.78 is 0. The third kappa shape index (κ3) is 1.54. The number of hydrogen-bond donors (Lipinski definition) is 1. The van der Waals surface area contributed by atoms with E-state index in [0.717, 1.165) is 0 Å². The number of terminal acetylenes is 1. The summed E-state index contributed by atoms with van der Waals surface area (Å²) in [5, 5.41) is 3.40. The quantitative estimate of drug-likeness (QED) is 0.696. The molecule has 0 bridgehead atoms. The van der Waals surface area contributed by atoms with E-state index in [2.05, 4.69) is 42.4 Å². The monoisotopic (exact) mass is 185 g/mol. The molecular formula is C13H15N. The zero-order chi connectivity index (χ0) is 9.97. The first-order valence-electron chi connectivity index (χ1n) is 5.07. The first kappa shape index (κ1) is 9.30. The van der Waals surface area contributed by atoms with Crippen molar-refractivity contribution in [2.24, 2.45) is 5.92 Å². The number of fused-ring (bicyclic) bond motifs is 1. The Bertz CT molecular complexity index is 362. The minimum atomic E-state index is 0.447. The van der Waals surface area contributed by atoms with Crippen LogP contribution in [0.1, 0.15) is 24.1 Å². The van der Waals surface area contributed by atoms with E-state index in [1.165, 1.54) is 17.5 Å². The molecule has 1 aromatic rings. The van der Waals surface area contributed by atoms with Crippen molar-refractivity contribution in [2.75, 3.05) is 6.54 Å². The number of hydrogen-bond acceptors (Lipinski definition) is 1. The second-order valence-electron chi connectivity index (χ2n) is 3.94. The smallest absolute Gasteiger partial charge is 0.0578 e. The van der Waals surface area contributed by atoms with Crippen LogP contribution >= 0.6 is 0 Å². The molecule has 0 unspecified atom stereocenters. The summed E-state index contributed by atoms with van der Waals surface area (Å²) >= 11 is 0. The van der Waals surface area contributed by atoms with E-state index in [0.29, 0.717) is 18.5 Å². The van der Waals surface area contributed by atoms with Gasteiger partial charge in [0.15, 0.2) is 0 Å². The van der Waals surface area contributed by atoms with Gasteiger partial charge in [0.1, 0.15) is 0 Å². The summed E-state index contributed by atoms with van der Waals surface area (Å²) in [6, 6.07) is 9.06. The molecule has 1 N–H and O–H groups in total. The van der Waals surface area contributed by atoms with Crippen molar-refractivity contribution in [1.82, 2.24) is 5.32 Å². The fourth-order valence-corrected chi connectivity index (χ4v) is 2.27. The molecule has 72 valence electrons. The largest absolute Gasteiger partial charge is 0.299 e. The van der Waals surface area contributed by atoms with E-state index in [-0.39, 0.29) is 0 Å². The molecule has 0 fully saturated rings. The molecule has 0 aliphatic heterocycles. The van der Waals surface area contributed by atoms with Gasteiger partial charge >= 0.3 is 0 Å². The zero-order valence-electron chi connectivity index (χ0n) is 8.46. The molecular weight excluding hydrogens is 170 g/mol. The average molecular weight is 185 g/mol. The van der Waals surface area contributed by atoms with Crippen LogP contribution in [0.5, 0.6) is 0 Å². The molecule has 1 nitrogen and oxygen atoms in total. The molecule has 1 aromatic carbocycles. The van der Waals surface area contributed by atoms with Gasteiger partial charge in [-0.3, -0.25) is 5.32 Å². The molecule has 1 heteroatoms. The number of nitrogens with one attached hydrogen (secondary N) is 1. The summed E-state index contributed by atoms with van der Waals surface area (Å²) in [5.74, 6) is 3.29. The third-order valence-electron chi connectivity index (χ3n) is 2.93. The summed E-state index contributed by atoms with van der Waals surface area (Å²) in [5.41, 5.74) is 2.89. The van der Waals surface area contributed by atoms with E-state index in [9.17, 15) is 0 Å². The summed E-state index contributed by atoms with van der Waals surface area (Å²) in [6.07, 6.45) is 6.42. The highest BCUT2D eigenvalue weighted by Crippen LogP contribution is 2.35. The Kier molecular flexibility index (Phi) is 2.56. The van der Waals surface area contributed by atoms with E-state index >= 15 is 0 Å². The maximum absolute atomic E-state index is 5.26. The predicted molar refractivity (Wildman–Crippen MR) is 58.9 cm³/mol. The molecule has 0 saturated heterocycles. The molecule has 0 radical (unpaired) electrons. The second kappa shape index (κ2) is 3.86. The van der Waals surface area contributed by atoms with E-state index < -0.39 is 0 Å². The van der Waals surface area contributed by atoms with Crippen LogP contribution in [-0.2, 0) is 6.42 Å². The maximum Gasteiger partial charge on any atom is 0.0578 e. The lowest BCUT2D eigenvalue weighted by Crippen LogP contribution is -2.24. The highest BCUT2D eigenvalue weighted by molar-refractivity contribution is 5.35. The summed E-state index contributed by atoms with van der Waals surface area (Å²) in [4.78, 5) is 0. The van der Waals surface area contributed by atoms with Gasteiger partial charge < -0.3 is 0 Å². The molecule has 2 rings (SSSR count). The van der Waals surface area contributed by atoms with Crippen molar-refractivity contribution < 1.29 is 0 Å². The van der Waals surface area contributed by atoms with Crippen LogP contribution in [0.4, 0.5) is 0 Å². The van der Waals surface area contributed by atoms with E-state index in [4.69, 9.17) is 6.42 Å². The van der Waals surface area contributed by atoms with Gasteiger partial charge in [0, 0.05) is 6.04 Å². The lowest BCUT2D eigenvalue weighted by Gasteiger charge is -2.16. The Labute approximate surface area is 85.5 Å². The highest BCUT2D eigenvalue weighted by Gasteiger charge is 2.27. The van der Waals surface area contributed by atoms with Crippen LogP contribution in [0.2, 0.25) is 0 Å². The molecule has 0 spiro atoms. The van der Waals surface area contributed by atoms with Gasteiger partial charge in [0.2, 0.25) is 0 Å². The number of rotatable bonds is 2. The standard InChI is InChI=1S/C13H15N/c1-3-8-14-13-10(2)9-11-6-4-5-7-12(11)13/h1,4-7,10,13-14H,8-9H2,2H3/t10-,13+/m0/s1. The molecule has 14 heavy (non-hydrogen) atoms. The lowest BCUT2D eigenvalue weighted by atomic mass is 10.0. The molecule has 1 aliphatic carbocycles. The lowest BCUT2D eigenvalue weighted by molar-refractivity contribution is 0.435. The summed E-state index contributed by atoms with van der Waals surface area (Å²) in [7, 11) is 0. The van der Waals surface area contributed by atoms with Gasteiger partial charge in [0.25, 0.3) is 0 Å². The zero-order valence-corrected chi connectivity index (χ0v) is 8.46. The van der Waals surface area contributed by atoms with Gasteiger partial charge in [0.05, 0.1) is 6.54 Å². The van der Waals surface area contributed by atoms with E-state index in [1.54, 1.807) is 0 Å². The molecule has 0 aromatic heterocycles. The van der Waals surface area contributed by atoms with Crippen molar-refractivity contribution in [3.63, 3.8) is 0 Å². The highest BCUT2D eigenvalue weighted by atomic mass is 14.9. The van der Waals surface area contributed by atoms with Gasteiger partial charge in [-0.05, 0) is 23.5 Å². The Morgan fingerprint density at radius 3 is 3.07 bits per heavy atom. The Morgan fingerprint density at radius 2 is 2.29 bits per heavy atom. The van der Waals surface area contributed by atoms with Gasteiger partial charge in [-0.15, -0.1) is 6.42 Å². The normalized spacial score (nSPS) is 24.3. The Hall–Kier alpha value is -1.26. The van der Waals surface area contributed by atoms with Crippen LogP contribution in [0, 0.1) is 18.3 Å². The average Bonchev–Trinajstić information content (AvgIpc) is 2.51. The van der Waals surface area contributed by atoms with Crippen molar-refractivity contribution in [3.05, 3.63) is 35.4 Å². The van der Waals surface area contributed by atoms with Crippen molar-refractivity contribution in [3.8, 4) is 12.3 Å². The minimum Gasteiger partial charge on any atom is -0.299 e. The molecule has 0 amide bonds. The van der Waals surface area contributed by atoms with Crippen LogP contribution in [0.25, 0.3) is 0 Å². The topological polar surface area (TPSA) is 12.0 Å². The second-order valence-corrected chi connectivity index (χ2v) is 3.94. The van der Waals surface area contributed by atoms with Gasteiger partial charge in [-0.2, -0.15) is 0 Å². The van der Waals surface area contributed by atoms with Crippen LogP contribution in [-0.4, -0.2) is 6.54 Å². The first-order valence-corrected chi connectivity index (χ1v) is 5.07. The fourth-order valence-electron chi connectivity index (χ4n) is 2.27. The van der Waals surface area contributed by atoms with Crippen molar-refractivity contribution >= 4 is 0 Å². The van der Waals surface area contributed by atoms with Crippen LogP contribution < -0.4 is 5.32 Å². The Balaban J connectivity index is 2.22. The van der Waals surface area contributed by atoms with Gasteiger partial charge in [-0.25, -0.2) is 0 Å². The minimum absolute atomic E-state index is 0.447. The molecule has 0 saturated carbocycles. The third-order valence-corrected chi connectivity index (χ3v) is 2.93. The van der Waals surface area contributed by atoms with E-state index in [1.807, 2.05) is 0 Å². The SMILES string of the molecule is C#CCN[C@H]1c2ccccc2C[C@@H]1C. The number of benzene rings is 1. The van der Waals surface area contributed by atoms with Crippen LogP contribution in [0.3, 0.4) is 0 Å². The van der Waals surface area contributed by atoms with Gasteiger partial charge in [-0.1, -0.05) is 37.1 Å². The molecule has 2 atom stereocenters. The first-order chi connectivity index (χ1) is 6.83. The predicted octanol–water partition coefficient (Wildman–Crippen LogP) is 2.14. The van der Waals surface area contributed by atoms with Crippen LogP contribution in [0.15, 0.2) is 24.3 Å². The molecule has 0 heterocycles. The maximum atomic E-state index is 5.26. The Morgan fingerprint density at radius 1 is 1.50 bits per heavy atom. The fraction of sp³-hybridized carbons (Fsp3) is 0.385.